The number of hydrogen-bond donors (Lipinski definition) is 1. The van der Waals surface area contributed by atoms with E-state index < -0.39 is 0 Å². The summed E-state index contributed by atoms with van der Waals surface area (Å²) in [6.07, 6.45) is 2.51. The van der Waals surface area contributed by atoms with Gasteiger partial charge in [-0.3, -0.25) is 9.79 Å². The van der Waals surface area contributed by atoms with Crippen molar-refractivity contribution >= 4 is 35.9 Å². The second-order valence-corrected chi connectivity index (χ2v) is 5.89. The number of benzene rings is 1. The van der Waals surface area contributed by atoms with E-state index in [1.54, 1.807) is 19.2 Å². The van der Waals surface area contributed by atoms with E-state index in [9.17, 15) is 9.18 Å². The molecule has 1 heterocycles. The molecule has 1 aromatic carbocycles. The van der Waals surface area contributed by atoms with E-state index in [-0.39, 0.29) is 41.7 Å². The number of carbonyl (C=O) groups excluding carboxylic acids is 1. The number of guanidine groups is 1. The van der Waals surface area contributed by atoms with Gasteiger partial charge in [-0.25, -0.2) is 4.39 Å². The minimum absolute atomic E-state index is 0. The van der Waals surface area contributed by atoms with Crippen LogP contribution in [0.3, 0.4) is 0 Å². The SMILES string of the molecule is CCOC(=O)C1CCCN(C(=NC)NCCc2cccc(F)c2)C1.I. The molecule has 0 radical (unpaired) electrons. The number of rotatable bonds is 5. The second-order valence-electron chi connectivity index (χ2n) is 5.89. The van der Waals surface area contributed by atoms with Gasteiger partial charge in [-0.15, -0.1) is 24.0 Å². The van der Waals surface area contributed by atoms with Crippen molar-refractivity contribution in [3.8, 4) is 0 Å². The van der Waals surface area contributed by atoms with Gasteiger partial charge in [0.15, 0.2) is 5.96 Å². The van der Waals surface area contributed by atoms with Crippen molar-refractivity contribution in [2.24, 2.45) is 10.9 Å². The molecule has 0 spiro atoms. The van der Waals surface area contributed by atoms with E-state index >= 15 is 0 Å². The quantitative estimate of drug-likeness (QED) is 0.316. The molecule has 5 nitrogen and oxygen atoms in total. The maximum absolute atomic E-state index is 13.2. The lowest BCUT2D eigenvalue weighted by Crippen LogP contribution is -2.48. The maximum atomic E-state index is 13.2. The van der Waals surface area contributed by atoms with Crippen LogP contribution in [-0.4, -0.2) is 50.1 Å². The highest BCUT2D eigenvalue weighted by Crippen LogP contribution is 2.18. The summed E-state index contributed by atoms with van der Waals surface area (Å²) in [6.45, 7) is 4.39. The molecule has 2 rings (SSSR count). The predicted molar refractivity (Wildman–Crippen MR) is 108 cm³/mol. The van der Waals surface area contributed by atoms with Crippen LogP contribution in [0.2, 0.25) is 0 Å². The first kappa shape index (κ1) is 21.7. The third-order valence-electron chi connectivity index (χ3n) is 4.14. The Hall–Kier alpha value is -1.38. The zero-order chi connectivity index (χ0) is 17.4. The molecule has 1 unspecified atom stereocenters. The summed E-state index contributed by atoms with van der Waals surface area (Å²) < 4.78 is 18.3. The molecule has 1 aromatic rings. The lowest BCUT2D eigenvalue weighted by molar-refractivity contribution is -0.149. The van der Waals surface area contributed by atoms with Crippen LogP contribution >= 0.6 is 24.0 Å². The summed E-state index contributed by atoms with van der Waals surface area (Å²) in [5, 5.41) is 3.30. The molecule has 1 saturated heterocycles. The molecule has 140 valence electrons. The summed E-state index contributed by atoms with van der Waals surface area (Å²) in [6, 6.07) is 6.61. The van der Waals surface area contributed by atoms with Gasteiger partial charge in [-0.1, -0.05) is 12.1 Å². The fourth-order valence-electron chi connectivity index (χ4n) is 2.97. The van der Waals surface area contributed by atoms with Gasteiger partial charge in [0.1, 0.15) is 5.82 Å². The Balaban J connectivity index is 0.00000312. The molecule has 25 heavy (non-hydrogen) atoms. The Bertz CT molecular complexity index is 583. The zero-order valence-corrected chi connectivity index (χ0v) is 17.2. The highest BCUT2D eigenvalue weighted by atomic mass is 127. The Kier molecular flexibility index (Phi) is 9.77. The normalized spacial score (nSPS) is 17.6. The fourth-order valence-corrected chi connectivity index (χ4v) is 2.97. The molecule has 1 atom stereocenters. The fraction of sp³-hybridized carbons (Fsp3) is 0.556. The van der Waals surface area contributed by atoms with Crippen molar-refractivity contribution < 1.29 is 13.9 Å². The van der Waals surface area contributed by atoms with Crippen LogP contribution in [-0.2, 0) is 16.0 Å². The summed E-state index contributed by atoms with van der Waals surface area (Å²) in [4.78, 5) is 18.3. The number of nitrogens with one attached hydrogen (secondary N) is 1. The van der Waals surface area contributed by atoms with Crippen LogP contribution in [0.15, 0.2) is 29.3 Å². The highest BCUT2D eigenvalue weighted by molar-refractivity contribution is 14.0. The largest absolute Gasteiger partial charge is 0.466 e. The zero-order valence-electron chi connectivity index (χ0n) is 14.8. The van der Waals surface area contributed by atoms with Crippen LogP contribution in [0.5, 0.6) is 0 Å². The van der Waals surface area contributed by atoms with Gasteiger partial charge in [0.05, 0.1) is 12.5 Å². The number of halogens is 2. The van der Waals surface area contributed by atoms with Crippen molar-refractivity contribution in [3.63, 3.8) is 0 Å². The first-order chi connectivity index (χ1) is 11.6. The summed E-state index contributed by atoms with van der Waals surface area (Å²) in [7, 11) is 1.73. The molecule has 0 aliphatic carbocycles. The molecule has 1 aliphatic heterocycles. The molecular formula is C18H27FIN3O2. The first-order valence-electron chi connectivity index (χ1n) is 8.50. The van der Waals surface area contributed by atoms with Gasteiger partial charge in [0.25, 0.3) is 0 Å². The lowest BCUT2D eigenvalue weighted by atomic mass is 9.98. The van der Waals surface area contributed by atoms with Crippen molar-refractivity contribution in [3.05, 3.63) is 35.6 Å². The number of nitrogens with zero attached hydrogens (tertiary/aromatic N) is 2. The van der Waals surface area contributed by atoms with Gasteiger partial charge in [-0.2, -0.15) is 0 Å². The third-order valence-corrected chi connectivity index (χ3v) is 4.14. The summed E-state index contributed by atoms with van der Waals surface area (Å²) in [5.74, 6) is 0.337. The van der Waals surface area contributed by atoms with E-state index in [4.69, 9.17) is 4.74 Å². The minimum Gasteiger partial charge on any atom is -0.466 e. The van der Waals surface area contributed by atoms with Crippen molar-refractivity contribution in [1.82, 2.24) is 10.2 Å². The summed E-state index contributed by atoms with van der Waals surface area (Å²) >= 11 is 0. The number of aliphatic imine (C=N–C) groups is 1. The average Bonchev–Trinajstić information content (AvgIpc) is 2.59. The molecule has 1 N–H and O–H groups in total. The molecular weight excluding hydrogens is 436 g/mol. The van der Waals surface area contributed by atoms with Crippen molar-refractivity contribution in [2.75, 3.05) is 33.3 Å². The van der Waals surface area contributed by atoms with Crippen molar-refractivity contribution in [2.45, 2.75) is 26.2 Å². The van der Waals surface area contributed by atoms with Gasteiger partial charge in [0, 0.05) is 26.7 Å². The van der Waals surface area contributed by atoms with Gasteiger partial charge in [0.2, 0.25) is 0 Å². The van der Waals surface area contributed by atoms with E-state index in [0.29, 0.717) is 26.1 Å². The van der Waals surface area contributed by atoms with Crippen LogP contribution in [0.25, 0.3) is 0 Å². The Morgan fingerprint density at radius 2 is 2.28 bits per heavy atom. The number of hydrogen-bond acceptors (Lipinski definition) is 3. The predicted octanol–water partition coefficient (Wildman–Crippen LogP) is 2.84. The van der Waals surface area contributed by atoms with Gasteiger partial charge in [-0.05, 0) is 43.9 Å². The number of esters is 1. The number of likely N-dealkylation sites (tertiary alicyclic amines) is 1. The second kappa shape index (κ2) is 11.3. The molecule has 0 amide bonds. The third kappa shape index (κ3) is 6.80. The smallest absolute Gasteiger partial charge is 0.310 e. The lowest BCUT2D eigenvalue weighted by Gasteiger charge is -2.34. The molecule has 0 aromatic heterocycles. The molecule has 1 aliphatic rings. The standard InChI is InChI=1S/C18H26FN3O2.HI/c1-3-24-17(23)15-7-5-11-22(13-15)18(20-2)21-10-9-14-6-4-8-16(19)12-14;/h4,6,8,12,15H,3,5,7,9-11,13H2,1-2H3,(H,20,21);1H. The molecule has 0 bridgehead atoms. The Morgan fingerprint density at radius 1 is 1.48 bits per heavy atom. The molecule has 1 fully saturated rings. The Labute approximate surface area is 166 Å². The van der Waals surface area contributed by atoms with Gasteiger partial charge >= 0.3 is 5.97 Å². The van der Waals surface area contributed by atoms with Crippen LogP contribution < -0.4 is 5.32 Å². The topological polar surface area (TPSA) is 53.9 Å². The number of piperidine rings is 1. The van der Waals surface area contributed by atoms with Crippen molar-refractivity contribution in [1.29, 1.82) is 0 Å². The van der Waals surface area contributed by atoms with E-state index in [0.717, 1.165) is 30.9 Å². The van der Waals surface area contributed by atoms with Gasteiger partial charge < -0.3 is 15.0 Å². The van der Waals surface area contributed by atoms with Crippen LogP contribution in [0.1, 0.15) is 25.3 Å². The minimum atomic E-state index is -0.217. The summed E-state index contributed by atoms with van der Waals surface area (Å²) in [5.41, 5.74) is 0.945. The monoisotopic (exact) mass is 463 g/mol. The number of ether oxygens (including phenoxy) is 1. The maximum Gasteiger partial charge on any atom is 0.310 e. The average molecular weight is 463 g/mol. The van der Waals surface area contributed by atoms with E-state index in [1.807, 2.05) is 13.0 Å². The molecule has 7 heteroatoms. The molecule has 0 saturated carbocycles. The van der Waals surface area contributed by atoms with Crippen LogP contribution in [0, 0.1) is 11.7 Å². The van der Waals surface area contributed by atoms with E-state index in [1.165, 1.54) is 6.07 Å². The first-order valence-corrected chi connectivity index (χ1v) is 8.50. The van der Waals surface area contributed by atoms with Crippen LogP contribution in [0.4, 0.5) is 4.39 Å². The number of carbonyl (C=O) groups is 1. The van der Waals surface area contributed by atoms with E-state index in [2.05, 4.69) is 15.2 Å². The highest BCUT2D eigenvalue weighted by Gasteiger charge is 2.28. The Morgan fingerprint density at radius 3 is 2.96 bits per heavy atom.